The van der Waals surface area contributed by atoms with E-state index in [9.17, 15) is 4.79 Å². The van der Waals surface area contributed by atoms with Gasteiger partial charge in [-0.15, -0.1) is 0 Å². The van der Waals surface area contributed by atoms with Crippen molar-refractivity contribution in [3.63, 3.8) is 0 Å². The molecule has 3 atom stereocenters. The first-order valence-corrected chi connectivity index (χ1v) is 13.1. The van der Waals surface area contributed by atoms with Gasteiger partial charge >= 0.3 is 6.03 Å². The van der Waals surface area contributed by atoms with Crippen molar-refractivity contribution in [3.05, 3.63) is 50.7 Å². The molecule has 2 amide bonds. The van der Waals surface area contributed by atoms with E-state index in [0.717, 1.165) is 48.3 Å². The van der Waals surface area contributed by atoms with Gasteiger partial charge < -0.3 is 20.3 Å². The fourth-order valence-electron chi connectivity index (χ4n) is 4.58. The summed E-state index contributed by atoms with van der Waals surface area (Å²) in [7, 11) is 0. The van der Waals surface area contributed by atoms with E-state index in [4.69, 9.17) is 27.9 Å². The van der Waals surface area contributed by atoms with Crippen LogP contribution >= 0.6 is 39.1 Å². The molecule has 10 heteroatoms. The van der Waals surface area contributed by atoms with Gasteiger partial charge in [0.1, 0.15) is 22.7 Å². The van der Waals surface area contributed by atoms with Crippen LogP contribution in [-0.2, 0) is 6.42 Å². The van der Waals surface area contributed by atoms with Crippen molar-refractivity contribution in [2.45, 2.75) is 44.8 Å². The van der Waals surface area contributed by atoms with Crippen LogP contribution in [-0.4, -0.2) is 71.7 Å². The van der Waals surface area contributed by atoms with Gasteiger partial charge in [0, 0.05) is 48.4 Å². The quantitative estimate of drug-likeness (QED) is 0.475. The third kappa shape index (κ3) is 6.55. The summed E-state index contributed by atoms with van der Waals surface area (Å²) in [6.07, 6.45) is 1.59. The van der Waals surface area contributed by atoms with Crippen LogP contribution in [0.2, 0.25) is 10.3 Å². The highest BCUT2D eigenvalue weighted by atomic mass is 79.9. The maximum atomic E-state index is 13.4. The van der Waals surface area contributed by atoms with Crippen molar-refractivity contribution in [3.8, 4) is 5.75 Å². The van der Waals surface area contributed by atoms with E-state index in [0.29, 0.717) is 30.9 Å². The molecule has 1 aromatic carbocycles. The molecule has 7 nitrogen and oxygen atoms in total. The average molecular weight is 571 g/mol. The molecule has 4 rings (SSSR count). The minimum absolute atomic E-state index is 0.0889. The number of nitrogens with zero attached hydrogens (tertiary/aromatic N) is 3. The van der Waals surface area contributed by atoms with Crippen molar-refractivity contribution < 1.29 is 9.53 Å². The number of fused-ring (bicyclic) bond motifs is 1. The highest BCUT2D eigenvalue weighted by Crippen LogP contribution is 2.30. The number of rotatable bonds is 6. The molecule has 2 aliphatic rings. The monoisotopic (exact) mass is 569 g/mol. The molecule has 184 valence electrons. The molecule has 34 heavy (non-hydrogen) atoms. The molecule has 1 unspecified atom stereocenters. The number of carbonyl (C=O) groups is 1. The number of halogens is 3. The van der Waals surface area contributed by atoms with Gasteiger partial charge in [-0.25, -0.2) is 9.78 Å². The number of urea groups is 1. The minimum atomic E-state index is -0.202. The molecule has 2 N–H and O–H groups in total. The summed E-state index contributed by atoms with van der Waals surface area (Å²) in [6, 6.07) is 9.84. The Bertz CT molecular complexity index is 1010. The molecule has 2 aliphatic heterocycles. The predicted octanol–water partition coefficient (Wildman–Crippen LogP) is 5.06. The van der Waals surface area contributed by atoms with Crippen molar-refractivity contribution in [1.29, 1.82) is 0 Å². The third-order valence-electron chi connectivity index (χ3n) is 6.36. The maximum Gasteiger partial charge on any atom is 0.322 e. The summed E-state index contributed by atoms with van der Waals surface area (Å²) in [5, 5.41) is 6.93. The van der Waals surface area contributed by atoms with Crippen LogP contribution in [0.5, 0.6) is 5.75 Å². The summed E-state index contributed by atoms with van der Waals surface area (Å²) in [6.45, 7) is 8.43. The van der Waals surface area contributed by atoms with Crippen LogP contribution in [0.1, 0.15) is 25.8 Å². The normalized spacial score (nSPS) is 22.6. The van der Waals surface area contributed by atoms with E-state index in [1.165, 1.54) is 0 Å². The second-order valence-electron chi connectivity index (χ2n) is 9.05. The first-order valence-electron chi connectivity index (χ1n) is 11.6. The van der Waals surface area contributed by atoms with Crippen LogP contribution in [0, 0.1) is 0 Å². The number of piperazine rings is 1. The number of amides is 2. The van der Waals surface area contributed by atoms with Gasteiger partial charge in [-0.05, 0) is 62.6 Å². The number of ether oxygens (including phenoxy) is 1. The van der Waals surface area contributed by atoms with Gasteiger partial charge in [0.05, 0.1) is 6.04 Å². The zero-order chi connectivity index (χ0) is 24.2. The van der Waals surface area contributed by atoms with E-state index in [1.54, 1.807) is 12.1 Å². The number of aromatic nitrogens is 1. The Hall–Kier alpha value is -1.58. The second-order valence-corrected chi connectivity index (χ2v) is 10.7. The van der Waals surface area contributed by atoms with Gasteiger partial charge in [-0.1, -0.05) is 39.1 Å². The highest BCUT2D eigenvalue weighted by Gasteiger charge is 2.30. The summed E-state index contributed by atoms with van der Waals surface area (Å²) in [4.78, 5) is 21.8. The van der Waals surface area contributed by atoms with E-state index in [1.807, 2.05) is 17.0 Å². The van der Waals surface area contributed by atoms with Crippen molar-refractivity contribution >= 4 is 50.9 Å². The fraction of sp³-hybridized carbons (Fsp3) is 0.500. The molecular formula is C24H30BrCl2N5O2. The smallest absolute Gasteiger partial charge is 0.322 e. The number of nitrogens with one attached hydrogen (secondary N) is 2. The molecule has 1 aromatic heterocycles. The van der Waals surface area contributed by atoms with Crippen molar-refractivity contribution in [1.82, 2.24) is 20.1 Å². The van der Waals surface area contributed by atoms with Crippen LogP contribution in [0.15, 0.2) is 34.8 Å². The van der Waals surface area contributed by atoms with Crippen LogP contribution in [0.3, 0.4) is 0 Å². The zero-order valence-corrected chi connectivity index (χ0v) is 22.5. The Balaban J connectivity index is 1.47. The van der Waals surface area contributed by atoms with Gasteiger partial charge in [0.15, 0.2) is 0 Å². The van der Waals surface area contributed by atoms with Crippen LogP contribution in [0.4, 0.5) is 10.5 Å². The number of pyridine rings is 1. The molecule has 1 saturated heterocycles. The van der Waals surface area contributed by atoms with Crippen LogP contribution in [0.25, 0.3) is 0 Å². The predicted molar refractivity (Wildman–Crippen MR) is 140 cm³/mol. The molecule has 3 heterocycles. The summed E-state index contributed by atoms with van der Waals surface area (Å²) in [5.74, 6) is 0.871. The lowest BCUT2D eigenvalue weighted by Gasteiger charge is -2.39. The Morgan fingerprint density at radius 3 is 2.82 bits per heavy atom. The lowest BCUT2D eigenvalue weighted by atomic mass is 10.0. The zero-order valence-electron chi connectivity index (χ0n) is 19.4. The second kappa shape index (κ2) is 11.4. The molecule has 0 spiro atoms. The number of carbonyl (C=O) groups excluding carboxylic acids is 1. The van der Waals surface area contributed by atoms with Gasteiger partial charge in [-0.2, -0.15) is 0 Å². The summed E-state index contributed by atoms with van der Waals surface area (Å²) < 4.78 is 7.02. The Morgan fingerprint density at radius 1 is 1.29 bits per heavy atom. The molecule has 2 aromatic rings. The highest BCUT2D eigenvalue weighted by molar-refractivity contribution is 9.10. The van der Waals surface area contributed by atoms with Crippen LogP contribution < -0.4 is 15.4 Å². The van der Waals surface area contributed by atoms with E-state index < -0.39 is 0 Å². The lowest BCUT2D eigenvalue weighted by molar-refractivity contribution is 0.118. The molecule has 0 radical (unpaired) electrons. The average Bonchev–Trinajstić information content (AvgIpc) is 2.77. The fourth-order valence-corrected chi connectivity index (χ4v) is 5.45. The van der Waals surface area contributed by atoms with Crippen molar-refractivity contribution in [2.24, 2.45) is 0 Å². The third-order valence-corrected chi connectivity index (χ3v) is 7.24. The Labute approximate surface area is 219 Å². The van der Waals surface area contributed by atoms with E-state index in [2.05, 4.69) is 56.4 Å². The Morgan fingerprint density at radius 2 is 2.06 bits per heavy atom. The number of anilines is 1. The van der Waals surface area contributed by atoms with E-state index >= 15 is 0 Å². The first-order chi connectivity index (χ1) is 16.3. The molecule has 1 fully saturated rings. The molecule has 0 aliphatic carbocycles. The van der Waals surface area contributed by atoms with Gasteiger partial charge in [0.25, 0.3) is 0 Å². The number of hydrogen-bond acceptors (Lipinski definition) is 5. The SMILES string of the molecule is C[C@@H]1CN(CCCN(C(=O)Nc2cc(Cl)nc(Cl)c2)C2COc3ccc(Br)cc3C2)[C@@H](C)CN1. The topological polar surface area (TPSA) is 69.7 Å². The minimum Gasteiger partial charge on any atom is -0.491 e. The largest absolute Gasteiger partial charge is 0.491 e. The number of benzene rings is 1. The standard InChI is InChI=1S/C24H30BrCl2N5O2/c1-15-13-31(16(2)12-28-15)6-3-7-32(24(33)29-19-10-22(26)30-23(27)11-19)20-9-17-8-18(25)4-5-21(17)34-14-20/h4-5,8,10-11,15-16,20,28H,3,6-7,9,12-14H2,1-2H3,(H,29,30,33)/t15-,16+,20?/m1/s1. The Kier molecular flexibility index (Phi) is 8.58. The molecular weight excluding hydrogens is 541 g/mol. The lowest BCUT2D eigenvalue weighted by Crippen LogP contribution is -2.55. The molecule has 0 saturated carbocycles. The van der Waals surface area contributed by atoms with Gasteiger partial charge in [0.2, 0.25) is 0 Å². The number of hydrogen-bond donors (Lipinski definition) is 2. The maximum absolute atomic E-state index is 13.4. The van der Waals surface area contributed by atoms with Gasteiger partial charge in [-0.3, -0.25) is 4.90 Å². The van der Waals surface area contributed by atoms with E-state index in [-0.39, 0.29) is 22.4 Å². The summed E-state index contributed by atoms with van der Waals surface area (Å²) >= 11 is 15.6. The summed E-state index contributed by atoms with van der Waals surface area (Å²) in [5.41, 5.74) is 1.60. The first kappa shape index (κ1) is 25.5. The van der Waals surface area contributed by atoms with Crippen molar-refractivity contribution in [2.75, 3.05) is 38.1 Å². The molecule has 0 bridgehead atoms.